The standard InChI is InChI=1S/C14H10Cl2N2/c1-9-3-2-4-12(16)14(9)18-13-7-11(15)6-5-10(13)8-17/h2-7,18H,1H3. The minimum atomic E-state index is 0.527. The molecule has 0 spiro atoms. The molecule has 0 fully saturated rings. The van der Waals surface area contributed by atoms with Crippen molar-refractivity contribution in [2.45, 2.75) is 6.92 Å². The first-order valence-electron chi connectivity index (χ1n) is 5.33. The molecule has 0 bridgehead atoms. The van der Waals surface area contributed by atoms with Crippen molar-refractivity contribution < 1.29 is 0 Å². The number of nitrogens with zero attached hydrogens (tertiary/aromatic N) is 1. The summed E-state index contributed by atoms with van der Waals surface area (Å²) in [6.07, 6.45) is 0. The van der Waals surface area contributed by atoms with E-state index in [0.717, 1.165) is 11.3 Å². The number of hydrogen-bond acceptors (Lipinski definition) is 2. The number of benzene rings is 2. The van der Waals surface area contributed by atoms with Gasteiger partial charge in [0.2, 0.25) is 0 Å². The van der Waals surface area contributed by atoms with Crippen LogP contribution in [0.4, 0.5) is 11.4 Å². The quantitative estimate of drug-likeness (QED) is 0.845. The predicted octanol–water partition coefficient (Wildman–Crippen LogP) is 4.92. The zero-order chi connectivity index (χ0) is 13.1. The number of nitriles is 1. The van der Waals surface area contributed by atoms with Crippen molar-refractivity contribution in [2.75, 3.05) is 5.32 Å². The van der Waals surface area contributed by atoms with Crippen LogP contribution >= 0.6 is 23.2 Å². The Morgan fingerprint density at radius 3 is 2.61 bits per heavy atom. The van der Waals surface area contributed by atoms with Gasteiger partial charge in [-0.25, -0.2) is 0 Å². The van der Waals surface area contributed by atoms with Crippen LogP contribution in [0.25, 0.3) is 0 Å². The van der Waals surface area contributed by atoms with Crippen LogP contribution in [-0.4, -0.2) is 0 Å². The van der Waals surface area contributed by atoms with E-state index < -0.39 is 0 Å². The molecule has 2 aromatic carbocycles. The number of hydrogen-bond donors (Lipinski definition) is 1. The summed E-state index contributed by atoms with van der Waals surface area (Å²) >= 11 is 12.1. The highest BCUT2D eigenvalue weighted by Crippen LogP contribution is 2.31. The summed E-state index contributed by atoms with van der Waals surface area (Å²) < 4.78 is 0. The molecule has 0 aromatic heterocycles. The Morgan fingerprint density at radius 2 is 1.94 bits per heavy atom. The molecule has 0 saturated heterocycles. The van der Waals surface area contributed by atoms with Crippen LogP contribution in [0.15, 0.2) is 36.4 Å². The van der Waals surface area contributed by atoms with Crippen molar-refractivity contribution in [3.8, 4) is 6.07 Å². The van der Waals surface area contributed by atoms with Gasteiger partial charge in [-0.3, -0.25) is 0 Å². The Labute approximate surface area is 116 Å². The summed E-state index contributed by atoms with van der Waals surface area (Å²) in [5, 5.41) is 13.4. The molecule has 2 rings (SSSR count). The second-order valence-corrected chi connectivity index (χ2v) is 4.70. The fraction of sp³-hybridized carbons (Fsp3) is 0.0714. The smallest absolute Gasteiger partial charge is 0.101 e. The summed E-state index contributed by atoms with van der Waals surface area (Å²) in [6, 6.07) is 12.8. The lowest BCUT2D eigenvalue weighted by Gasteiger charge is -2.12. The monoisotopic (exact) mass is 276 g/mol. The van der Waals surface area contributed by atoms with Gasteiger partial charge in [0.15, 0.2) is 0 Å². The number of anilines is 2. The fourth-order valence-electron chi connectivity index (χ4n) is 1.64. The van der Waals surface area contributed by atoms with E-state index in [-0.39, 0.29) is 0 Å². The van der Waals surface area contributed by atoms with Gasteiger partial charge in [-0.2, -0.15) is 5.26 Å². The van der Waals surface area contributed by atoms with Crippen LogP contribution in [0, 0.1) is 18.3 Å². The highest BCUT2D eigenvalue weighted by molar-refractivity contribution is 6.33. The van der Waals surface area contributed by atoms with Crippen LogP contribution in [-0.2, 0) is 0 Å². The average molecular weight is 277 g/mol. The third kappa shape index (κ3) is 2.59. The molecule has 0 atom stereocenters. The lowest BCUT2D eigenvalue weighted by Crippen LogP contribution is -1.96. The number of rotatable bonds is 2. The Bertz CT molecular complexity index is 610. The van der Waals surface area contributed by atoms with Crippen molar-refractivity contribution in [2.24, 2.45) is 0 Å². The Kier molecular flexibility index (Phi) is 3.76. The number of para-hydroxylation sites is 1. The normalized spacial score (nSPS) is 9.89. The van der Waals surface area contributed by atoms with Crippen molar-refractivity contribution >= 4 is 34.6 Å². The Morgan fingerprint density at radius 1 is 1.17 bits per heavy atom. The Balaban J connectivity index is 2.46. The second kappa shape index (κ2) is 5.30. The molecule has 0 aliphatic rings. The van der Waals surface area contributed by atoms with Crippen molar-refractivity contribution in [1.82, 2.24) is 0 Å². The van der Waals surface area contributed by atoms with E-state index in [0.29, 0.717) is 21.3 Å². The summed E-state index contributed by atoms with van der Waals surface area (Å²) in [5.74, 6) is 0. The zero-order valence-corrected chi connectivity index (χ0v) is 11.2. The molecular weight excluding hydrogens is 267 g/mol. The molecule has 4 heteroatoms. The molecule has 0 amide bonds. The Hall–Kier alpha value is -1.69. The van der Waals surface area contributed by atoms with E-state index in [1.165, 1.54) is 0 Å². The molecule has 0 radical (unpaired) electrons. The topological polar surface area (TPSA) is 35.8 Å². The second-order valence-electron chi connectivity index (χ2n) is 3.86. The first-order chi connectivity index (χ1) is 8.61. The van der Waals surface area contributed by atoms with Gasteiger partial charge < -0.3 is 5.32 Å². The summed E-state index contributed by atoms with van der Waals surface area (Å²) in [5.41, 5.74) is 2.98. The van der Waals surface area contributed by atoms with Gasteiger partial charge in [-0.05, 0) is 36.8 Å². The molecule has 0 heterocycles. The highest BCUT2D eigenvalue weighted by atomic mass is 35.5. The van der Waals surface area contributed by atoms with Crippen molar-refractivity contribution in [3.63, 3.8) is 0 Å². The third-order valence-electron chi connectivity index (χ3n) is 2.58. The number of aryl methyl sites for hydroxylation is 1. The SMILES string of the molecule is Cc1cccc(Cl)c1Nc1cc(Cl)ccc1C#N. The summed E-state index contributed by atoms with van der Waals surface area (Å²) in [4.78, 5) is 0. The largest absolute Gasteiger partial charge is 0.353 e. The molecule has 2 aromatic rings. The zero-order valence-electron chi connectivity index (χ0n) is 9.67. The van der Waals surface area contributed by atoms with Gasteiger partial charge in [-0.15, -0.1) is 0 Å². The van der Waals surface area contributed by atoms with Crippen LogP contribution in [0.5, 0.6) is 0 Å². The van der Waals surface area contributed by atoms with E-state index >= 15 is 0 Å². The molecule has 90 valence electrons. The van der Waals surface area contributed by atoms with Crippen LogP contribution < -0.4 is 5.32 Å². The molecule has 0 unspecified atom stereocenters. The fourth-order valence-corrected chi connectivity index (χ4v) is 2.08. The first kappa shape index (κ1) is 12.8. The van der Waals surface area contributed by atoms with Crippen LogP contribution in [0.1, 0.15) is 11.1 Å². The van der Waals surface area contributed by atoms with Gasteiger partial charge in [0.05, 0.1) is 22.0 Å². The van der Waals surface area contributed by atoms with E-state index in [9.17, 15) is 0 Å². The molecule has 18 heavy (non-hydrogen) atoms. The van der Waals surface area contributed by atoms with Crippen LogP contribution in [0.2, 0.25) is 10.0 Å². The van der Waals surface area contributed by atoms with Gasteiger partial charge >= 0.3 is 0 Å². The maximum Gasteiger partial charge on any atom is 0.101 e. The van der Waals surface area contributed by atoms with Gasteiger partial charge in [0, 0.05) is 5.02 Å². The van der Waals surface area contributed by atoms with E-state index in [2.05, 4.69) is 11.4 Å². The minimum Gasteiger partial charge on any atom is -0.353 e. The van der Waals surface area contributed by atoms with Crippen LogP contribution in [0.3, 0.4) is 0 Å². The van der Waals surface area contributed by atoms with E-state index in [1.807, 2.05) is 19.1 Å². The summed E-state index contributed by atoms with van der Waals surface area (Å²) in [7, 11) is 0. The van der Waals surface area contributed by atoms with Crippen molar-refractivity contribution in [3.05, 3.63) is 57.6 Å². The third-order valence-corrected chi connectivity index (χ3v) is 3.13. The lowest BCUT2D eigenvalue weighted by molar-refractivity contribution is 1.41. The van der Waals surface area contributed by atoms with Gasteiger partial charge in [0.1, 0.15) is 6.07 Å². The van der Waals surface area contributed by atoms with Gasteiger partial charge in [-0.1, -0.05) is 35.3 Å². The van der Waals surface area contributed by atoms with Crippen molar-refractivity contribution in [1.29, 1.82) is 5.26 Å². The first-order valence-corrected chi connectivity index (χ1v) is 6.09. The molecule has 0 saturated carbocycles. The molecule has 1 N–H and O–H groups in total. The highest BCUT2D eigenvalue weighted by Gasteiger charge is 2.08. The molecule has 0 aliphatic heterocycles. The number of nitrogens with one attached hydrogen (secondary N) is 1. The predicted molar refractivity (Wildman–Crippen MR) is 75.6 cm³/mol. The minimum absolute atomic E-state index is 0.527. The molecular formula is C14H10Cl2N2. The molecule has 0 aliphatic carbocycles. The maximum atomic E-state index is 9.06. The van der Waals surface area contributed by atoms with Gasteiger partial charge in [0.25, 0.3) is 0 Å². The lowest BCUT2D eigenvalue weighted by atomic mass is 10.1. The van der Waals surface area contributed by atoms with E-state index in [4.69, 9.17) is 28.5 Å². The maximum absolute atomic E-state index is 9.06. The average Bonchev–Trinajstić information content (AvgIpc) is 2.34. The van der Waals surface area contributed by atoms with E-state index in [1.54, 1.807) is 24.3 Å². The summed E-state index contributed by atoms with van der Waals surface area (Å²) in [6.45, 7) is 1.95. The number of halogens is 2. The molecule has 2 nitrogen and oxygen atoms in total.